The first-order valence-corrected chi connectivity index (χ1v) is 6.71. The van der Waals surface area contributed by atoms with Crippen LogP contribution in [-0.2, 0) is 0 Å². The summed E-state index contributed by atoms with van der Waals surface area (Å²) in [5, 5.41) is 3.67. The number of nitrogens with one attached hydrogen (secondary N) is 1. The van der Waals surface area contributed by atoms with Gasteiger partial charge in [0.05, 0.1) is 0 Å². The first-order chi connectivity index (χ1) is 7.26. The Morgan fingerprint density at radius 1 is 1.20 bits per heavy atom. The van der Waals surface area contributed by atoms with Crippen molar-refractivity contribution in [1.82, 2.24) is 10.2 Å². The molecular weight excluding hydrogens is 184 g/mol. The van der Waals surface area contributed by atoms with E-state index < -0.39 is 0 Å². The Balaban J connectivity index is 1.95. The summed E-state index contributed by atoms with van der Waals surface area (Å²) in [6, 6.07) is 2.55. The van der Waals surface area contributed by atoms with Crippen LogP contribution in [0.1, 0.15) is 46.0 Å². The quantitative estimate of drug-likeness (QED) is 0.765. The van der Waals surface area contributed by atoms with Crippen molar-refractivity contribution in [3.8, 4) is 0 Å². The number of hydrogen-bond donors (Lipinski definition) is 1. The predicted molar refractivity (Wildman–Crippen MR) is 65.1 cm³/mol. The van der Waals surface area contributed by atoms with Crippen molar-refractivity contribution in [1.29, 1.82) is 0 Å². The lowest BCUT2D eigenvalue weighted by Gasteiger charge is -2.39. The second kappa shape index (κ2) is 4.84. The highest BCUT2D eigenvalue weighted by Gasteiger charge is 2.40. The van der Waals surface area contributed by atoms with Gasteiger partial charge in [-0.3, -0.25) is 0 Å². The molecule has 2 aliphatic rings. The molecule has 0 saturated carbocycles. The molecule has 2 aliphatic heterocycles. The molecule has 2 heterocycles. The molecule has 0 aliphatic carbocycles. The number of nitrogens with zero attached hydrogens (tertiary/aromatic N) is 1. The Kier molecular flexibility index (Phi) is 3.68. The van der Waals surface area contributed by atoms with E-state index in [0.717, 1.165) is 30.6 Å². The van der Waals surface area contributed by atoms with Crippen LogP contribution in [0, 0.1) is 5.92 Å². The zero-order chi connectivity index (χ0) is 10.8. The minimum atomic E-state index is 0.770. The van der Waals surface area contributed by atoms with Gasteiger partial charge in [-0.15, -0.1) is 0 Å². The Morgan fingerprint density at radius 2 is 1.80 bits per heavy atom. The fraction of sp³-hybridized carbons (Fsp3) is 1.00. The SMILES string of the molecule is CCNC(CC)C1CC2CCC(C1)N2C. The van der Waals surface area contributed by atoms with E-state index in [0.29, 0.717) is 0 Å². The van der Waals surface area contributed by atoms with Crippen molar-refractivity contribution in [3.63, 3.8) is 0 Å². The number of hydrogen-bond acceptors (Lipinski definition) is 2. The van der Waals surface area contributed by atoms with Crippen LogP contribution < -0.4 is 5.32 Å². The molecule has 15 heavy (non-hydrogen) atoms. The van der Waals surface area contributed by atoms with Crippen LogP contribution in [0.4, 0.5) is 0 Å². The van der Waals surface area contributed by atoms with Gasteiger partial charge in [0.25, 0.3) is 0 Å². The summed E-state index contributed by atoms with van der Waals surface area (Å²) in [5.41, 5.74) is 0. The van der Waals surface area contributed by atoms with Crippen molar-refractivity contribution < 1.29 is 0 Å². The van der Waals surface area contributed by atoms with E-state index in [2.05, 4.69) is 31.1 Å². The van der Waals surface area contributed by atoms with Crippen LogP contribution >= 0.6 is 0 Å². The van der Waals surface area contributed by atoms with Crippen molar-refractivity contribution in [3.05, 3.63) is 0 Å². The van der Waals surface area contributed by atoms with Gasteiger partial charge < -0.3 is 10.2 Å². The van der Waals surface area contributed by atoms with Gasteiger partial charge in [-0.2, -0.15) is 0 Å². The Hall–Kier alpha value is -0.0800. The minimum Gasteiger partial charge on any atom is -0.314 e. The van der Waals surface area contributed by atoms with Gasteiger partial charge in [-0.1, -0.05) is 13.8 Å². The van der Waals surface area contributed by atoms with Crippen molar-refractivity contribution in [2.45, 2.75) is 64.1 Å². The molecule has 0 aromatic heterocycles. The number of fused-ring (bicyclic) bond motifs is 2. The molecule has 3 atom stereocenters. The molecule has 1 N–H and O–H groups in total. The van der Waals surface area contributed by atoms with Crippen LogP contribution in [0.15, 0.2) is 0 Å². The third-order valence-corrected chi connectivity index (χ3v) is 4.61. The molecule has 0 amide bonds. The van der Waals surface area contributed by atoms with Crippen molar-refractivity contribution in [2.24, 2.45) is 5.92 Å². The number of piperidine rings is 1. The molecule has 2 nitrogen and oxygen atoms in total. The normalized spacial score (nSPS) is 38.2. The standard InChI is InChI=1S/C13H26N2/c1-4-13(14-5-2)10-8-11-6-7-12(9-10)15(11)3/h10-14H,4-9H2,1-3H3. The summed E-state index contributed by atoms with van der Waals surface area (Å²) in [7, 11) is 2.33. The maximum Gasteiger partial charge on any atom is 0.00989 e. The molecule has 2 fully saturated rings. The summed E-state index contributed by atoms with van der Waals surface area (Å²) in [6.07, 6.45) is 7.04. The van der Waals surface area contributed by atoms with Gasteiger partial charge in [0.2, 0.25) is 0 Å². The Morgan fingerprint density at radius 3 is 2.27 bits per heavy atom. The smallest absolute Gasteiger partial charge is 0.00989 e. The summed E-state index contributed by atoms with van der Waals surface area (Å²) in [6.45, 7) is 5.68. The lowest BCUT2D eigenvalue weighted by atomic mass is 9.84. The third kappa shape index (κ3) is 2.21. The summed E-state index contributed by atoms with van der Waals surface area (Å²) in [5.74, 6) is 0.934. The molecular formula is C13H26N2. The van der Waals surface area contributed by atoms with Crippen LogP contribution in [0.2, 0.25) is 0 Å². The van der Waals surface area contributed by atoms with E-state index in [1.165, 1.54) is 32.1 Å². The zero-order valence-corrected chi connectivity index (χ0v) is 10.5. The molecule has 0 aromatic carbocycles. The molecule has 0 aromatic rings. The van der Waals surface area contributed by atoms with E-state index in [1.54, 1.807) is 0 Å². The molecule has 88 valence electrons. The largest absolute Gasteiger partial charge is 0.314 e. The van der Waals surface area contributed by atoms with Gasteiger partial charge in [-0.05, 0) is 51.6 Å². The Labute approximate surface area is 94.4 Å². The van der Waals surface area contributed by atoms with E-state index >= 15 is 0 Å². The predicted octanol–water partition coefficient (Wildman–Crippen LogP) is 2.25. The second-order valence-electron chi connectivity index (χ2n) is 5.35. The minimum absolute atomic E-state index is 0.770. The lowest BCUT2D eigenvalue weighted by molar-refractivity contribution is 0.111. The topological polar surface area (TPSA) is 15.3 Å². The third-order valence-electron chi connectivity index (χ3n) is 4.61. The molecule has 0 spiro atoms. The van der Waals surface area contributed by atoms with Gasteiger partial charge in [0, 0.05) is 18.1 Å². The molecule has 0 radical (unpaired) electrons. The molecule has 2 bridgehead atoms. The first kappa shape index (κ1) is 11.4. The summed E-state index contributed by atoms with van der Waals surface area (Å²) >= 11 is 0. The molecule has 2 heteroatoms. The van der Waals surface area contributed by atoms with Crippen LogP contribution in [0.5, 0.6) is 0 Å². The fourth-order valence-corrected chi connectivity index (χ4v) is 3.69. The fourth-order valence-electron chi connectivity index (χ4n) is 3.69. The van der Waals surface area contributed by atoms with E-state index in [9.17, 15) is 0 Å². The van der Waals surface area contributed by atoms with Crippen LogP contribution in [-0.4, -0.2) is 36.6 Å². The summed E-state index contributed by atoms with van der Waals surface area (Å²) in [4.78, 5) is 2.63. The first-order valence-electron chi connectivity index (χ1n) is 6.71. The van der Waals surface area contributed by atoms with Crippen molar-refractivity contribution in [2.75, 3.05) is 13.6 Å². The average molecular weight is 210 g/mol. The van der Waals surface area contributed by atoms with E-state index in [1.807, 2.05) is 0 Å². The van der Waals surface area contributed by atoms with Gasteiger partial charge in [0.15, 0.2) is 0 Å². The highest BCUT2D eigenvalue weighted by molar-refractivity contribution is 4.96. The monoisotopic (exact) mass is 210 g/mol. The molecule has 2 saturated heterocycles. The van der Waals surface area contributed by atoms with Crippen LogP contribution in [0.3, 0.4) is 0 Å². The lowest BCUT2D eigenvalue weighted by Crippen LogP contribution is -2.46. The highest BCUT2D eigenvalue weighted by Crippen LogP contribution is 2.39. The molecule has 3 unspecified atom stereocenters. The molecule has 2 rings (SSSR count). The number of rotatable bonds is 4. The highest BCUT2D eigenvalue weighted by atomic mass is 15.2. The van der Waals surface area contributed by atoms with Gasteiger partial charge >= 0.3 is 0 Å². The Bertz CT molecular complexity index is 191. The maximum absolute atomic E-state index is 3.67. The van der Waals surface area contributed by atoms with Crippen molar-refractivity contribution >= 4 is 0 Å². The van der Waals surface area contributed by atoms with Gasteiger partial charge in [0.1, 0.15) is 0 Å². The second-order valence-corrected chi connectivity index (χ2v) is 5.35. The average Bonchev–Trinajstić information content (AvgIpc) is 2.50. The maximum atomic E-state index is 3.67. The van der Waals surface area contributed by atoms with Crippen LogP contribution in [0.25, 0.3) is 0 Å². The summed E-state index contributed by atoms with van der Waals surface area (Å²) < 4.78 is 0. The van der Waals surface area contributed by atoms with Gasteiger partial charge in [-0.25, -0.2) is 0 Å². The van der Waals surface area contributed by atoms with E-state index in [-0.39, 0.29) is 0 Å². The van der Waals surface area contributed by atoms with E-state index in [4.69, 9.17) is 0 Å². The zero-order valence-electron chi connectivity index (χ0n) is 10.5.